The quantitative estimate of drug-likeness (QED) is 0.660. The Morgan fingerprint density at radius 2 is 1.96 bits per heavy atom. The topological polar surface area (TPSA) is 41.4 Å². The van der Waals surface area contributed by atoms with Crippen molar-refractivity contribution >= 4 is 26.8 Å². The Morgan fingerprint density at radius 1 is 1.18 bits per heavy atom. The summed E-state index contributed by atoms with van der Waals surface area (Å²) in [6.07, 6.45) is 3.26. The lowest BCUT2D eigenvalue weighted by Crippen LogP contribution is -2.38. The first kappa shape index (κ1) is 21.5. The molecule has 3 rings (SSSR count). The molecule has 0 aliphatic carbocycles. The zero-order valence-corrected chi connectivity index (χ0v) is 19.2. The summed E-state index contributed by atoms with van der Waals surface area (Å²) in [5, 5.41) is 0.699. The fraction of sp³-hybridized carbons (Fsp3) is 0.636. The second-order valence-electron chi connectivity index (χ2n) is 8.44. The molecule has 0 saturated carbocycles. The number of fused-ring (bicyclic) bond motifs is 1. The van der Waals surface area contributed by atoms with E-state index < -0.39 is 0 Å². The average Bonchev–Trinajstić information content (AvgIpc) is 2.87. The Balaban J connectivity index is 2.13. The van der Waals surface area contributed by atoms with E-state index in [2.05, 4.69) is 53.5 Å². The highest BCUT2D eigenvalue weighted by Crippen LogP contribution is 2.27. The average molecular weight is 449 g/mol. The number of rotatable bonds is 6. The van der Waals surface area contributed by atoms with Crippen molar-refractivity contribution in [3.8, 4) is 0 Å². The minimum Gasteiger partial charge on any atom is -0.305 e. The van der Waals surface area contributed by atoms with Crippen LogP contribution in [0.4, 0.5) is 0 Å². The Morgan fingerprint density at radius 3 is 2.68 bits per heavy atom. The molecule has 1 saturated heterocycles. The van der Waals surface area contributed by atoms with Crippen LogP contribution >= 0.6 is 15.9 Å². The normalized spacial score (nSPS) is 17.9. The van der Waals surface area contributed by atoms with Crippen LogP contribution in [0.15, 0.2) is 27.5 Å². The molecule has 0 spiro atoms. The maximum absolute atomic E-state index is 13.4. The molecule has 1 atom stereocenters. The highest BCUT2D eigenvalue weighted by molar-refractivity contribution is 9.10. The van der Waals surface area contributed by atoms with Gasteiger partial charge in [0, 0.05) is 30.7 Å². The van der Waals surface area contributed by atoms with Crippen LogP contribution < -0.4 is 5.56 Å². The maximum Gasteiger partial charge on any atom is 0.261 e. The maximum atomic E-state index is 13.4. The largest absolute Gasteiger partial charge is 0.305 e. The van der Waals surface area contributed by atoms with Crippen molar-refractivity contribution in [3.63, 3.8) is 0 Å². The zero-order valence-electron chi connectivity index (χ0n) is 17.6. The predicted octanol–water partition coefficient (Wildman–Crippen LogP) is 4.29. The Labute approximate surface area is 176 Å². The van der Waals surface area contributed by atoms with Crippen LogP contribution in [0.5, 0.6) is 0 Å². The molecule has 5 nitrogen and oxygen atoms in total. The first-order valence-corrected chi connectivity index (χ1v) is 11.3. The number of aromatic nitrogens is 2. The van der Waals surface area contributed by atoms with E-state index in [0.29, 0.717) is 17.8 Å². The van der Waals surface area contributed by atoms with Gasteiger partial charge in [-0.1, -0.05) is 43.1 Å². The Bertz CT molecular complexity index is 863. The summed E-state index contributed by atoms with van der Waals surface area (Å²) in [7, 11) is 2.19. The lowest BCUT2D eigenvalue weighted by molar-refractivity contribution is 0.178. The van der Waals surface area contributed by atoms with Gasteiger partial charge in [0.2, 0.25) is 0 Å². The van der Waals surface area contributed by atoms with Crippen LogP contribution in [0.3, 0.4) is 0 Å². The highest BCUT2D eigenvalue weighted by Gasteiger charge is 2.27. The Kier molecular flexibility index (Phi) is 7.29. The van der Waals surface area contributed by atoms with E-state index in [-0.39, 0.29) is 11.6 Å². The monoisotopic (exact) mass is 448 g/mol. The van der Waals surface area contributed by atoms with Crippen molar-refractivity contribution < 1.29 is 0 Å². The SMILES string of the molecule is CCCC(c1nc2ccc(Br)cc2c(=O)n1CC(C)C)N1CCCN(C)CC1. The van der Waals surface area contributed by atoms with Crippen molar-refractivity contribution in [2.75, 3.05) is 33.2 Å². The van der Waals surface area contributed by atoms with Crippen molar-refractivity contribution in [1.29, 1.82) is 0 Å². The van der Waals surface area contributed by atoms with Gasteiger partial charge in [-0.2, -0.15) is 0 Å². The number of nitrogens with zero attached hydrogens (tertiary/aromatic N) is 4. The minimum absolute atomic E-state index is 0.0862. The smallest absolute Gasteiger partial charge is 0.261 e. The van der Waals surface area contributed by atoms with Gasteiger partial charge in [0.05, 0.1) is 16.9 Å². The van der Waals surface area contributed by atoms with Gasteiger partial charge in [0.15, 0.2) is 0 Å². The van der Waals surface area contributed by atoms with Crippen molar-refractivity contribution in [1.82, 2.24) is 19.4 Å². The molecule has 0 bridgehead atoms. The molecule has 2 heterocycles. The van der Waals surface area contributed by atoms with Gasteiger partial charge in [-0.05, 0) is 50.6 Å². The minimum atomic E-state index is 0.0862. The standard InChI is InChI=1S/C22H33BrN4O/c1-5-7-20(26-11-6-10-25(4)12-13-26)21-24-19-9-8-17(23)14-18(19)22(28)27(21)15-16(2)3/h8-9,14,16,20H,5-7,10-13,15H2,1-4H3. The van der Waals surface area contributed by atoms with Crippen molar-refractivity contribution in [2.24, 2.45) is 5.92 Å². The van der Waals surface area contributed by atoms with Crippen LogP contribution in [-0.2, 0) is 6.54 Å². The first-order chi connectivity index (χ1) is 13.4. The van der Waals surface area contributed by atoms with Crippen LogP contribution in [0.1, 0.15) is 51.9 Å². The summed E-state index contributed by atoms with van der Waals surface area (Å²) in [6.45, 7) is 11.5. The molecule has 0 radical (unpaired) electrons. The molecule has 1 aromatic heterocycles. The summed E-state index contributed by atoms with van der Waals surface area (Å²) in [6, 6.07) is 6.03. The predicted molar refractivity (Wildman–Crippen MR) is 120 cm³/mol. The molecule has 1 aliphatic heterocycles. The highest BCUT2D eigenvalue weighted by atomic mass is 79.9. The summed E-state index contributed by atoms with van der Waals surface area (Å²) < 4.78 is 2.87. The van der Waals surface area contributed by atoms with E-state index in [1.165, 1.54) is 0 Å². The lowest BCUT2D eigenvalue weighted by Gasteiger charge is -2.32. The molecular weight excluding hydrogens is 416 g/mol. The second kappa shape index (κ2) is 9.51. The van der Waals surface area contributed by atoms with Crippen LogP contribution in [-0.4, -0.2) is 52.6 Å². The first-order valence-electron chi connectivity index (χ1n) is 10.5. The zero-order chi connectivity index (χ0) is 20.3. The third kappa shape index (κ3) is 4.84. The van der Waals surface area contributed by atoms with Crippen LogP contribution in [0.25, 0.3) is 10.9 Å². The van der Waals surface area contributed by atoms with Crippen molar-refractivity contribution in [2.45, 2.75) is 52.6 Å². The number of hydrogen-bond donors (Lipinski definition) is 0. The lowest BCUT2D eigenvalue weighted by atomic mass is 10.1. The van der Waals surface area contributed by atoms with E-state index in [9.17, 15) is 4.79 Å². The van der Waals surface area contributed by atoms with Gasteiger partial charge < -0.3 is 4.90 Å². The molecule has 1 aliphatic rings. The van der Waals surface area contributed by atoms with E-state index >= 15 is 0 Å². The molecule has 6 heteroatoms. The van der Waals surface area contributed by atoms with E-state index in [4.69, 9.17) is 4.98 Å². The van der Waals surface area contributed by atoms with Gasteiger partial charge in [-0.25, -0.2) is 4.98 Å². The van der Waals surface area contributed by atoms with Gasteiger partial charge in [0.25, 0.3) is 5.56 Å². The molecular formula is C22H33BrN4O. The molecule has 1 aromatic carbocycles. The molecule has 1 fully saturated rings. The summed E-state index contributed by atoms with van der Waals surface area (Å²) in [5.41, 5.74) is 0.888. The number of likely N-dealkylation sites (N-methyl/N-ethyl adjacent to an activating group) is 1. The summed E-state index contributed by atoms with van der Waals surface area (Å²) in [4.78, 5) is 23.4. The van der Waals surface area contributed by atoms with Crippen LogP contribution in [0, 0.1) is 5.92 Å². The second-order valence-corrected chi connectivity index (χ2v) is 9.35. The van der Waals surface area contributed by atoms with Gasteiger partial charge >= 0.3 is 0 Å². The third-order valence-corrected chi connectivity index (χ3v) is 6.04. The fourth-order valence-corrected chi connectivity index (χ4v) is 4.49. The molecule has 0 N–H and O–H groups in total. The summed E-state index contributed by atoms with van der Waals surface area (Å²) >= 11 is 3.50. The van der Waals surface area contributed by atoms with E-state index in [1.54, 1.807) is 0 Å². The van der Waals surface area contributed by atoms with Crippen LogP contribution in [0.2, 0.25) is 0 Å². The number of halogens is 1. The third-order valence-electron chi connectivity index (χ3n) is 5.55. The Hall–Kier alpha value is -1.24. The molecule has 2 aromatic rings. The molecule has 28 heavy (non-hydrogen) atoms. The number of hydrogen-bond acceptors (Lipinski definition) is 4. The summed E-state index contributed by atoms with van der Waals surface area (Å²) in [5.74, 6) is 1.33. The number of benzene rings is 1. The fourth-order valence-electron chi connectivity index (χ4n) is 4.13. The van der Waals surface area contributed by atoms with Gasteiger partial charge in [0.1, 0.15) is 5.82 Å². The molecule has 1 unspecified atom stereocenters. The van der Waals surface area contributed by atoms with E-state index in [1.807, 2.05) is 22.8 Å². The van der Waals surface area contributed by atoms with E-state index in [0.717, 1.165) is 61.3 Å². The van der Waals surface area contributed by atoms with Crippen molar-refractivity contribution in [3.05, 3.63) is 38.9 Å². The van der Waals surface area contributed by atoms with Gasteiger partial charge in [-0.15, -0.1) is 0 Å². The van der Waals surface area contributed by atoms with Gasteiger partial charge in [-0.3, -0.25) is 14.3 Å². The molecule has 154 valence electrons. The molecule has 0 amide bonds.